The van der Waals surface area contributed by atoms with Gasteiger partial charge in [0, 0.05) is 22.2 Å². The first-order valence-electron chi connectivity index (χ1n) is 8.75. The van der Waals surface area contributed by atoms with Crippen molar-refractivity contribution in [3.8, 4) is 11.3 Å². The molecule has 6 nitrogen and oxygen atoms in total. The van der Waals surface area contributed by atoms with Gasteiger partial charge in [0.15, 0.2) is 0 Å². The molecule has 0 unspecified atom stereocenters. The van der Waals surface area contributed by atoms with Crippen molar-refractivity contribution in [2.75, 3.05) is 11.0 Å². The summed E-state index contributed by atoms with van der Waals surface area (Å²) in [4.78, 5) is 17.1. The number of benzene rings is 2. The number of carbonyl (C=O) groups is 1. The number of thiazole rings is 1. The third-order valence-electron chi connectivity index (χ3n) is 4.05. The molecule has 0 saturated carbocycles. The second-order valence-electron chi connectivity index (χ2n) is 6.32. The van der Waals surface area contributed by atoms with Gasteiger partial charge in [0.2, 0.25) is 10.0 Å². The van der Waals surface area contributed by atoms with Gasteiger partial charge < -0.3 is 5.32 Å². The largest absolute Gasteiger partial charge is 0.343 e. The molecule has 8 heteroatoms. The Hall–Kier alpha value is -2.71. The lowest BCUT2D eigenvalue weighted by atomic mass is 10.1. The maximum Gasteiger partial charge on any atom is 0.251 e. The summed E-state index contributed by atoms with van der Waals surface area (Å²) in [5, 5.41) is 5.80. The molecule has 0 saturated heterocycles. The monoisotopic (exact) mass is 415 g/mol. The van der Waals surface area contributed by atoms with E-state index in [0.29, 0.717) is 11.3 Å². The van der Waals surface area contributed by atoms with Crippen molar-refractivity contribution < 1.29 is 13.2 Å². The Kier molecular flexibility index (Phi) is 6.11. The molecule has 1 amide bonds. The molecule has 1 aromatic heterocycles. The maximum absolute atomic E-state index is 12.4. The first-order chi connectivity index (χ1) is 13.4. The molecular formula is C20H21N3O3S2. The van der Waals surface area contributed by atoms with Crippen LogP contribution in [-0.2, 0) is 10.0 Å². The van der Waals surface area contributed by atoms with Crippen molar-refractivity contribution in [1.82, 2.24) is 10.3 Å². The predicted octanol–water partition coefficient (Wildman–Crippen LogP) is 4.06. The Morgan fingerprint density at radius 2 is 1.79 bits per heavy atom. The van der Waals surface area contributed by atoms with Crippen LogP contribution in [0.15, 0.2) is 60.0 Å². The topological polar surface area (TPSA) is 88.2 Å². The number of hydrogen-bond acceptors (Lipinski definition) is 5. The lowest BCUT2D eigenvalue weighted by molar-refractivity contribution is 0.0935. The Bertz CT molecular complexity index is 1050. The second-order valence-corrected chi connectivity index (χ2v) is 8.96. The number of nitrogens with zero attached hydrogens (tertiary/aromatic N) is 1. The van der Waals surface area contributed by atoms with Gasteiger partial charge >= 0.3 is 0 Å². The molecule has 0 bridgehead atoms. The molecule has 2 N–H and O–H groups in total. The van der Waals surface area contributed by atoms with Crippen molar-refractivity contribution in [1.29, 1.82) is 0 Å². The van der Waals surface area contributed by atoms with E-state index in [1.54, 1.807) is 24.3 Å². The van der Waals surface area contributed by atoms with Crippen LogP contribution in [0.1, 0.15) is 34.8 Å². The first kappa shape index (κ1) is 20.0. The normalized spacial score (nSPS) is 12.4. The third kappa shape index (κ3) is 5.17. The van der Waals surface area contributed by atoms with Crippen LogP contribution < -0.4 is 10.0 Å². The van der Waals surface area contributed by atoms with Crippen LogP contribution in [0.4, 0.5) is 5.69 Å². The maximum atomic E-state index is 12.4. The zero-order valence-electron chi connectivity index (χ0n) is 15.5. The minimum Gasteiger partial charge on any atom is -0.343 e. The molecular weight excluding hydrogens is 394 g/mol. The molecule has 0 spiro atoms. The van der Waals surface area contributed by atoms with Gasteiger partial charge in [0.25, 0.3) is 5.91 Å². The minimum atomic E-state index is -3.30. The summed E-state index contributed by atoms with van der Waals surface area (Å²) in [5.41, 5.74) is 2.79. The molecule has 3 aromatic rings. The molecule has 3 rings (SSSR count). The Labute approximate surface area is 168 Å². The van der Waals surface area contributed by atoms with E-state index in [4.69, 9.17) is 0 Å². The van der Waals surface area contributed by atoms with Crippen LogP contribution in [0, 0.1) is 0 Å². The number of rotatable bonds is 7. The van der Waals surface area contributed by atoms with Crippen molar-refractivity contribution in [2.24, 2.45) is 0 Å². The van der Waals surface area contributed by atoms with Gasteiger partial charge in [0.05, 0.1) is 18.0 Å². The zero-order chi connectivity index (χ0) is 20.1. The lowest BCUT2D eigenvalue weighted by Gasteiger charge is -2.14. The third-order valence-corrected chi connectivity index (χ3v) is 5.62. The van der Waals surface area contributed by atoms with E-state index in [2.05, 4.69) is 15.0 Å². The molecule has 0 aliphatic heterocycles. The van der Waals surface area contributed by atoms with Crippen LogP contribution in [0.3, 0.4) is 0 Å². The summed E-state index contributed by atoms with van der Waals surface area (Å²) >= 11 is 1.49. The number of aromatic nitrogens is 1. The van der Waals surface area contributed by atoms with E-state index in [-0.39, 0.29) is 11.9 Å². The fraction of sp³-hybridized carbons (Fsp3) is 0.200. The molecule has 2 aromatic carbocycles. The molecule has 0 radical (unpaired) electrons. The summed E-state index contributed by atoms with van der Waals surface area (Å²) in [6, 6.07) is 16.0. The molecule has 0 fully saturated rings. The van der Waals surface area contributed by atoms with Crippen LogP contribution in [-0.4, -0.2) is 25.6 Å². The van der Waals surface area contributed by atoms with E-state index >= 15 is 0 Å². The molecule has 1 heterocycles. The van der Waals surface area contributed by atoms with Crippen LogP contribution in [0.2, 0.25) is 0 Å². The van der Waals surface area contributed by atoms with E-state index in [1.165, 1.54) is 11.3 Å². The Balaban J connectivity index is 1.74. The smallest absolute Gasteiger partial charge is 0.251 e. The average Bonchev–Trinajstić information content (AvgIpc) is 3.16. The highest BCUT2D eigenvalue weighted by atomic mass is 32.2. The van der Waals surface area contributed by atoms with E-state index < -0.39 is 10.0 Å². The minimum absolute atomic E-state index is 0.125. The number of carbonyl (C=O) groups excluding carboxylic acids is 1. The molecule has 0 aliphatic rings. The number of sulfonamides is 1. The lowest BCUT2D eigenvalue weighted by Crippen LogP contribution is -2.28. The van der Waals surface area contributed by atoms with Crippen LogP contribution in [0.25, 0.3) is 11.3 Å². The summed E-state index contributed by atoms with van der Waals surface area (Å²) < 4.78 is 25.0. The highest BCUT2D eigenvalue weighted by molar-refractivity contribution is 7.92. The molecule has 1 atom stereocenters. The van der Waals surface area contributed by atoms with Crippen LogP contribution >= 0.6 is 11.3 Å². The van der Waals surface area contributed by atoms with Crippen LogP contribution in [0.5, 0.6) is 0 Å². The summed E-state index contributed by atoms with van der Waals surface area (Å²) in [7, 11) is -3.30. The Morgan fingerprint density at radius 3 is 2.39 bits per heavy atom. The standard InChI is InChI=1S/C20H21N3O3S2/c1-3-17(21-19(24)15-7-5-4-6-8-15)20-22-18(13-27-20)14-9-11-16(12-10-14)23-28(2,25)26/h4-13,17,23H,3H2,1-2H3,(H,21,24)/t17-/m0/s1. The molecule has 0 aliphatic carbocycles. The van der Waals surface area contributed by atoms with Crippen molar-refractivity contribution in [2.45, 2.75) is 19.4 Å². The van der Waals surface area contributed by atoms with Gasteiger partial charge in [-0.05, 0) is 30.7 Å². The highest BCUT2D eigenvalue weighted by Gasteiger charge is 2.18. The zero-order valence-corrected chi connectivity index (χ0v) is 17.2. The summed E-state index contributed by atoms with van der Waals surface area (Å²) in [6.07, 6.45) is 1.84. The Morgan fingerprint density at radius 1 is 1.11 bits per heavy atom. The van der Waals surface area contributed by atoms with Gasteiger partial charge in [-0.15, -0.1) is 11.3 Å². The number of anilines is 1. The summed E-state index contributed by atoms with van der Waals surface area (Å²) in [5.74, 6) is -0.125. The van der Waals surface area contributed by atoms with E-state index in [9.17, 15) is 13.2 Å². The first-order valence-corrected chi connectivity index (χ1v) is 11.5. The summed E-state index contributed by atoms with van der Waals surface area (Å²) in [6.45, 7) is 2.00. The van der Waals surface area contributed by atoms with Crippen molar-refractivity contribution >= 4 is 33.0 Å². The van der Waals surface area contributed by atoms with E-state index in [0.717, 1.165) is 28.9 Å². The van der Waals surface area contributed by atoms with Crippen molar-refractivity contribution in [3.05, 3.63) is 70.5 Å². The van der Waals surface area contributed by atoms with Crippen molar-refractivity contribution in [3.63, 3.8) is 0 Å². The predicted molar refractivity (Wildman–Crippen MR) is 113 cm³/mol. The highest BCUT2D eigenvalue weighted by Crippen LogP contribution is 2.28. The van der Waals surface area contributed by atoms with Gasteiger partial charge in [-0.2, -0.15) is 0 Å². The van der Waals surface area contributed by atoms with Gasteiger partial charge in [-0.25, -0.2) is 13.4 Å². The fourth-order valence-electron chi connectivity index (χ4n) is 2.67. The van der Waals surface area contributed by atoms with E-state index in [1.807, 2.05) is 42.6 Å². The number of amides is 1. The molecule has 146 valence electrons. The number of nitrogens with one attached hydrogen (secondary N) is 2. The fourth-order valence-corrected chi connectivity index (χ4v) is 4.20. The quantitative estimate of drug-likeness (QED) is 0.609. The number of hydrogen-bond donors (Lipinski definition) is 2. The molecule has 28 heavy (non-hydrogen) atoms. The van der Waals surface area contributed by atoms with Gasteiger partial charge in [0.1, 0.15) is 5.01 Å². The van der Waals surface area contributed by atoms with Gasteiger partial charge in [-0.3, -0.25) is 9.52 Å². The van der Waals surface area contributed by atoms with Gasteiger partial charge in [-0.1, -0.05) is 37.3 Å². The SMILES string of the molecule is CC[C@H](NC(=O)c1ccccc1)c1nc(-c2ccc(NS(C)(=O)=O)cc2)cs1. The second kappa shape index (κ2) is 8.53. The average molecular weight is 416 g/mol.